The van der Waals surface area contributed by atoms with Crippen molar-refractivity contribution in [1.29, 1.82) is 0 Å². The van der Waals surface area contributed by atoms with Gasteiger partial charge < -0.3 is 9.64 Å². The Morgan fingerprint density at radius 2 is 2.00 bits per heavy atom. The van der Waals surface area contributed by atoms with Crippen molar-refractivity contribution in [1.82, 2.24) is 14.8 Å². The number of fused-ring (bicyclic) bond motifs is 2. The molecule has 28 heavy (non-hydrogen) atoms. The molecule has 2 fully saturated rings. The van der Waals surface area contributed by atoms with Gasteiger partial charge in [-0.05, 0) is 42.5 Å². The highest BCUT2D eigenvalue weighted by molar-refractivity contribution is 5.98. The van der Waals surface area contributed by atoms with Crippen molar-refractivity contribution < 1.29 is 9.53 Å². The van der Waals surface area contributed by atoms with Gasteiger partial charge in [0, 0.05) is 44.6 Å². The maximum absolute atomic E-state index is 13.1. The van der Waals surface area contributed by atoms with Gasteiger partial charge in [0.1, 0.15) is 11.9 Å². The molecule has 2 atom stereocenters. The topological polar surface area (TPSA) is 45.7 Å². The lowest BCUT2D eigenvalue weighted by Gasteiger charge is -2.25. The van der Waals surface area contributed by atoms with Crippen molar-refractivity contribution in [3.63, 3.8) is 0 Å². The van der Waals surface area contributed by atoms with E-state index in [0.717, 1.165) is 36.7 Å². The molecule has 1 aliphatic carbocycles. The van der Waals surface area contributed by atoms with E-state index in [9.17, 15) is 4.79 Å². The molecule has 0 spiro atoms. The maximum Gasteiger partial charge on any atom is 0.257 e. The third kappa shape index (κ3) is 3.18. The van der Waals surface area contributed by atoms with Gasteiger partial charge in [-0.25, -0.2) is 0 Å². The van der Waals surface area contributed by atoms with Gasteiger partial charge in [0.15, 0.2) is 0 Å². The number of nitrogens with zero attached hydrogens (tertiary/aromatic N) is 3. The molecule has 2 aromatic rings. The zero-order valence-corrected chi connectivity index (χ0v) is 16.4. The van der Waals surface area contributed by atoms with E-state index in [2.05, 4.69) is 9.88 Å². The van der Waals surface area contributed by atoms with Crippen LogP contribution >= 0.6 is 0 Å². The van der Waals surface area contributed by atoms with Crippen LogP contribution in [0.3, 0.4) is 0 Å². The third-order valence-electron chi connectivity index (χ3n) is 6.61. The van der Waals surface area contributed by atoms with Crippen LogP contribution < -0.4 is 4.74 Å². The summed E-state index contributed by atoms with van der Waals surface area (Å²) < 4.78 is 6.45. The summed E-state index contributed by atoms with van der Waals surface area (Å²) in [6, 6.07) is 9.95. The molecular weight excluding hydrogens is 350 g/mol. The molecule has 1 aromatic carbocycles. The number of carbonyl (C=O) groups is 1. The summed E-state index contributed by atoms with van der Waals surface area (Å²) in [5.41, 5.74) is 2.72. The summed E-state index contributed by atoms with van der Waals surface area (Å²) in [6.45, 7) is 2.95. The molecule has 3 heterocycles. The van der Waals surface area contributed by atoms with E-state index in [1.54, 1.807) is 6.20 Å². The first-order chi connectivity index (χ1) is 13.7. The van der Waals surface area contributed by atoms with E-state index in [4.69, 9.17) is 4.74 Å². The van der Waals surface area contributed by atoms with Crippen LogP contribution in [0.15, 0.2) is 42.7 Å². The van der Waals surface area contributed by atoms with Crippen molar-refractivity contribution >= 4 is 5.91 Å². The Morgan fingerprint density at radius 1 is 1.14 bits per heavy atom. The molecule has 0 radical (unpaired) electrons. The van der Waals surface area contributed by atoms with Gasteiger partial charge in [0.25, 0.3) is 5.91 Å². The number of ether oxygens (including phenoxy) is 1. The zero-order chi connectivity index (χ0) is 19.1. The van der Waals surface area contributed by atoms with E-state index >= 15 is 0 Å². The minimum Gasteiger partial charge on any atom is -0.486 e. The molecular formula is C23H27N3O2. The highest BCUT2D eigenvalue weighted by atomic mass is 16.5. The van der Waals surface area contributed by atoms with Crippen LogP contribution in [0.1, 0.15) is 36.0 Å². The zero-order valence-electron chi connectivity index (χ0n) is 16.4. The van der Waals surface area contributed by atoms with Crippen molar-refractivity contribution in [2.24, 2.45) is 5.92 Å². The van der Waals surface area contributed by atoms with Gasteiger partial charge in [-0.1, -0.05) is 25.0 Å². The highest BCUT2D eigenvalue weighted by Gasteiger charge is 2.42. The number of likely N-dealkylation sites (tertiary alicyclic amines) is 1. The summed E-state index contributed by atoms with van der Waals surface area (Å²) in [6.07, 6.45) is 9.06. The molecule has 5 nitrogen and oxygen atoms in total. The Labute approximate surface area is 166 Å². The molecule has 2 aliphatic heterocycles. The van der Waals surface area contributed by atoms with Gasteiger partial charge in [0.2, 0.25) is 0 Å². The lowest BCUT2D eigenvalue weighted by molar-refractivity contribution is 0.0682. The lowest BCUT2D eigenvalue weighted by atomic mass is 10.0. The fourth-order valence-corrected chi connectivity index (χ4v) is 5.04. The van der Waals surface area contributed by atoms with Crippen molar-refractivity contribution in [2.45, 2.75) is 37.8 Å². The first kappa shape index (κ1) is 17.7. The number of benzene rings is 1. The average Bonchev–Trinajstić information content (AvgIpc) is 3.36. The summed E-state index contributed by atoms with van der Waals surface area (Å²) in [5.74, 6) is 1.57. The lowest BCUT2D eigenvalue weighted by Crippen LogP contribution is -2.44. The predicted octanol–water partition coefficient (Wildman–Crippen LogP) is 3.46. The van der Waals surface area contributed by atoms with E-state index in [-0.39, 0.29) is 18.1 Å². The van der Waals surface area contributed by atoms with Gasteiger partial charge in [-0.3, -0.25) is 14.7 Å². The molecule has 146 valence electrons. The Balaban J connectivity index is 1.41. The number of pyridine rings is 1. The monoisotopic (exact) mass is 377 g/mol. The van der Waals surface area contributed by atoms with Crippen LogP contribution in [0, 0.1) is 5.92 Å². The number of carbonyl (C=O) groups excluding carboxylic acids is 1. The number of likely N-dealkylation sites (N-methyl/N-ethyl adjacent to an activating group) is 1. The summed E-state index contributed by atoms with van der Waals surface area (Å²) >= 11 is 0. The fraction of sp³-hybridized carbons (Fsp3) is 0.478. The molecule has 0 unspecified atom stereocenters. The van der Waals surface area contributed by atoms with E-state index in [1.165, 1.54) is 25.7 Å². The maximum atomic E-state index is 13.1. The molecule has 1 saturated heterocycles. The molecule has 0 N–H and O–H groups in total. The summed E-state index contributed by atoms with van der Waals surface area (Å²) in [5, 5.41) is 0. The molecule has 1 saturated carbocycles. The van der Waals surface area contributed by atoms with E-state index in [0.29, 0.717) is 11.3 Å². The second-order valence-electron chi connectivity index (χ2n) is 8.46. The van der Waals surface area contributed by atoms with Crippen molar-refractivity contribution in [3.8, 4) is 16.9 Å². The number of hydrogen-bond acceptors (Lipinski definition) is 4. The normalized spacial score (nSPS) is 25.3. The Bertz CT molecular complexity index is 863. The SMILES string of the molecule is CN1C(=O)c2ccc(-c3cccnc3)cc2O[C@H]2CN(CC3CCCC3)C[C@H]21. The summed E-state index contributed by atoms with van der Waals surface area (Å²) in [4.78, 5) is 21.7. The highest BCUT2D eigenvalue weighted by Crippen LogP contribution is 2.35. The van der Waals surface area contributed by atoms with Crippen molar-refractivity contribution in [2.75, 3.05) is 26.7 Å². The Kier molecular flexibility index (Phi) is 4.55. The van der Waals surface area contributed by atoms with E-state index in [1.807, 2.05) is 48.5 Å². The van der Waals surface area contributed by atoms with E-state index < -0.39 is 0 Å². The van der Waals surface area contributed by atoms with Crippen LogP contribution in [0.2, 0.25) is 0 Å². The smallest absolute Gasteiger partial charge is 0.257 e. The summed E-state index contributed by atoms with van der Waals surface area (Å²) in [7, 11) is 1.92. The predicted molar refractivity (Wildman–Crippen MR) is 108 cm³/mol. The second kappa shape index (κ2) is 7.21. The van der Waals surface area contributed by atoms with Crippen LogP contribution in [0.4, 0.5) is 0 Å². The fourth-order valence-electron chi connectivity index (χ4n) is 5.04. The van der Waals surface area contributed by atoms with Crippen LogP contribution in [-0.2, 0) is 0 Å². The molecule has 1 aromatic heterocycles. The van der Waals surface area contributed by atoms with Crippen LogP contribution in [-0.4, -0.2) is 59.5 Å². The van der Waals surface area contributed by atoms with Gasteiger partial charge in [-0.2, -0.15) is 0 Å². The van der Waals surface area contributed by atoms with Gasteiger partial charge in [0.05, 0.1) is 11.6 Å². The minimum atomic E-state index is 0.0285. The molecule has 5 heteroatoms. The van der Waals surface area contributed by atoms with Crippen LogP contribution in [0.5, 0.6) is 5.75 Å². The second-order valence-corrected chi connectivity index (χ2v) is 8.46. The van der Waals surface area contributed by atoms with Crippen molar-refractivity contribution in [3.05, 3.63) is 48.3 Å². The quantitative estimate of drug-likeness (QED) is 0.822. The standard InChI is InChI=1S/C23H27N3O2/c1-25-20-14-26(13-16-5-2-3-6-16)15-22(20)28-21-11-17(8-9-19(21)23(25)27)18-7-4-10-24-12-18/h4,7-12,16,20,22H,2-3,5-6,13-15H2,1H3/t20-,22+/m1/s1. The number of aromatic nitrogens is 1. The number of amides is 1. The van der Waals surface area contributed by atoms with Gasteiger partial charge in [-0.15, -0.1) is 0 Å². The first-order valence-electron chi connectivity index (χ1n) is 10.4. The first-order valence-corrected chi connectivity index (χ1v) is 10.4. The Morgan fingerprint density at radius 3 is 2.79 bits per heavy atom. The third-order valence-corrected chi connectivity index (χ3v) is 6.61. The molecule has 0 bridgehead atoms. The van der Waals surface area contributed by atoms with Gasteiger partial charge >= 0.3 is 0 Å². The number of hydrogen-bond donors (Lipinski definition) is 0. The Hall–Kier alpha value is -2.40. The molecule has 5 rings (SSSR count). The minimum absolute atomic E-state index is 0.0285. The molecule has 1 amide bonds. The molecule has 3 aliphatic rings. The average molecular weight is 377 g/mol. The number of rotatable bonds is 3. The largest absolute Gasteiger partial charge is 0.486 e. The van der Waals surface area contributed by atoms with Crippen LogP contribution in [0.25, 0.3) is 11.1 Å².